The Hall–Kier alpha value is -3.53. The van der Waals surface area contributed by atoms with Gasteiger partial charge in [-0.3, -0.25) is 19.3 Å². The second-order valence-electron chi connectivity index (χ2n) is 8.63. The van der Waals surface area contributed by atoms with E-state index in [1.165, 1.54) is 30.4 Å². The fraction of sp³-hybridized carbons (Fsp3) is 0.400. The average molecular weight is 499 g/mol. The van der Waals surface area contributed by atoms with Gasteiger partial charge in [0.25, 0.3) is 17.7 Å². The molecule has 35 heavy (non-hydrogen) atoms. The van der Waals surface area contributed by atoms with Crippen LogP contribution in [0, 0.1) is 5.92 Å². The number of ether oxygens (including phenoxy) is 2. The van der Waals surface area contributed by atoms with Crippen molar-refractivity contribution in [1.29, 1.82) is 0 Å². The topological polar surface area (TPSA) is 119 Å². The number of nitrogens with zero attached hydrogens (tertiary/aromatic N) is 1. The lowest BCUT2D eigenvalue weighted by molar-refractivity contribution is -0.150. The van der Waals surface area contributed by atoms with Gasteiger partial charge in [0.15, 0.2) is 6.61 Å². The van der Waals surface area contributed by atoms with Crippen LogP contribution >= 0.6 is 11.3 Å². The van der Waals surface area contributed by atoms with Gasteiger partial charge in [-0.05, 0) is 56.7 Å². The molecule has 4 rings (SSSR count). The molecule has 2 aliphatic rings. The van der Waals surface area contributed by atoms with E-state index in [0.29, 0.717) is 16.5 Å². The van der Waals surface area contributed by atoms with E-state index < -0.39 is 42.3 Å². The molecule has 2 heterocycles. The second-order valence-corrected chi connectivity index (χ2v) is 9.74. The third-order valence-corrected chi connectivity index (χ3v) is 7.31. The summed E-state index contributed by atoms with van der Waals surface area (Å²) in [7, 11) is 0. The minimum atomic E-state index is -1.21. The number of rotatable bonds is 7. The highest BCUT2D eigenvalue weighted by atomic mass is 32.1. The highest BCUT2D eigenvalue weighted by molar-refractivity contribution is 7.17. The highest BCUT2D eigenvalue weighted by Crippen LogP contribution is 2.40. The number of esters is 2. The molecule has 184 valence electrons. The third-order valence-electron chi connectivity index (χ3n) is 6.14. The van der Waals surface area contributed by atoms with Crippen LogP contribution in [0.3, 0.4) is 0 Å². The van der Waals surface area contributed by atoms with E-state index >= 15 is 0 Å². The molecule has 0 radical (unpaired) electrons. The monoisotopic (exact) mass is 498 g/mol. The van der Waals surface area contributed by atoms with Crippen molar-refractivity contribution in [3.63, 3.8) is 0 Å². The number of benzene rings is 1. The Morgan fingerprint density at radius 1 is 1.14 bits per heavy atom. The number of hydrogen-bond acceptors (Lipinski definition) is 8. The van der Waals surface area contributed by atoms with Crippen LogP contribution < -0.4 is 5.32 Å². The zero-order valence-corrected chi connectivity index (χ0v) is 20.5. The van der Waals surface area contributed by atoms with Crippen LogP contribution in [0.5, 0.6) is 0 Å². The summed E-state index contributed by atoms with van der Waals surface area (Å²) < 4.78 is 10.3. The van der Waals surface area contributed by atoms with Gasteiger partial charge in [0, 0.05) is 4.88 Å². The Kier molecular flexibility index (Phi) is 7.02. The predicted octanol–water partition coefficient (Wildman–Crippen LogP) is 3.22. The standard InChI is InChI=1S/C25H26N2O7S/c1-4-33-25(32)20-17-10-9-13(2)11-18(17)35-21(20)26-19(28)12-34-24(31)14(3)27-22(29)15-7-5-6-8-16(15)23(27)30/h5-8,13-14H,4,9-12H2,1-3H3,(H,26,28). The van der Waals surface area contributed by atoms with E-state index in [1.54, 1.807) is 19.1 Å². The third kappa shape index (κ3) is 4.70. The Morgan fingerprint density at radius 3 is 2.43 bits per heavy atom. The fourth-order valence-electron chi connectivity index (χ4n) is 4.34. The highest BCUT2D eigenvalue weighted by Gasteiger charge is 2.41. The van der Waals surface area contributed by atoms with Crippen LogP contribution in [-0.2, 0) is 31.9 Å². The van der Waals surface area contributed by atoms with Crippen LogP contribution in [0.1, 0.15) is 68.7 Å². The lowest BCUT2D eigenvalue weighted by Gasteiger charge is -2.20. The van der Waals surface area contributed by atoms with Crippen molar-refractivity contribution in [1.82, 2.24) is 4.90 Å². The number of carbonyl (C=O) groups is 5. The molecule has 1 aliphatic carbocycles. The van der Waals surface area contributed by atoms with Gasteiger partial charge < -0.3 is 14.8 Å². The number of hydrogen-bond donors (Lipinski definition) is 1. The van der Waals surface area contributed by atoms with Gasteiger partial charge in [-0.2, -0.15) is 0 Å². The van der Waals surface area contributed by atoms with Gasteiger partial charge in [0.1, 0.15) is 11.0 Å². The van der Waals surface area contributed by atoms with Crippen molar-refractivity contribution in [3.8, 4) is 0 Å². The predicted molar refractivity (Wildman–Crippen MR) is 127 cm³/mol. The first kappa shape index (κ1) is 24.6. The van der Waals surface area contributed by atoms with Crippen LogP contribution in [-0.4, -0.2) is 53.8 Å². The summed E-state index contributed by atoms with van der Waals surface area (Å²) in [4.78, 5) is 64.8. The largest absolute Gasteiger partial charge is 0.462 e. The van der Waals surface area contributed by atoms with Crippen LogP contribution in [0.15, 0.2) is 24.3 Å². The normalized spacial score (nSPS) is 17.5. The average Bonchev–Trinajstić information content (AvgIpc) is 3.31. The van der Waals surface area contributed by atoms with Crippen molar-refractivity contribution in [3.05, 3.63) is 51.4 Å². The Bertz CT molecular complexity index is 1180. The maximum atomic E-state index is 12.6. The van der Waals surface area contributed by atoms with Gasteiger partial charge in [-0.15, -0.1) is 11.3 Å². The molecule has 0 bridgehead atoms. The van der Waals surface area contributed by atoms with Crippen LogP contribution in [0.25, 0.3) is 0 Å². The number of carbonyl (C=O) groups excluding carboxylic acids is 5. The van der Waals surface area contributed by atoms with E-state index in [2.05, 4.69) is 12.2 Å². The Labute approximate surface area is 206 Å². The lowest BCUT2D eigenvalue weighted by atomic mass is 9.88. The van der Waals surface area contributed by atoms with Gasteiger partial charge in [-0.25, -0.2) is 9.59 Å². The van der Waals surface area contributed by atoms with Gasteiger partial charge in [0.05, 0.1) is 23.3 Å². The molecule has 0 fully saturated rings. The molecule has 2 unspecified atom stereocenters. The number of nitrogens with one attached hydrogen (secondary N) is 1. The van der Waals surface area contributed by atoms with E-state index in [1.807, 2.05) is 0 Å². The molecule has 1 aromatic heterocycles. The summed E-state index contributed by atoms with van der Waals surface area (Å²) in [6, 6.07) is 5.09. The molecule has 0 spiro atoms. The zero-order valence-electron chi connectivity index (χ0n) is 19.7. The summed E-state index contributed by atoms with van der Waals surface area (Å²) in [6.07, 6.45) is 2.48. The quantitative estimate of drug-likeness (QED) is 0.460. The molecule has 0 saturated carbocycles. The van der Waals surface area contributed by atoms with Crippen molar-refractivity contribution >= 4 is 46.0 Å². The molecule has 0 saturated heterocycles. The molecule has 2 aromatic rings. The summed E-state index contributed by atoms with van der Waals surface area (Å²) in [5, 5.41) is 3.04. The number of thiophene rings is 1. The number of fused-ring (bicyclic) bond motifs is 2. The number of anilines is 1. The van der Waals surface area contributed by atoms with Crippen molar-refractivity contribution in [2.45, 2.75) is 46.1 Å². The summed E-state index contributed by atoms with van der Waals surface area (Å²) in [6.45, 7) is 4.80. The first-order valence-electron chi connectivity index (χ1n) is 11.5. The maximum Gasteiger partial charge on any atom is 0.341 e. The molecule has 1 N–H and O–H groups in total. The van der Waals surface area contributed by atoms with E-state index in [-0.39, 0.29) is 17.7 Å². The zero-order chi connectivity index (χ0) is 25.3. The van der Waals surface area contributed by atoms with Crippen molar-refractivity contribution in [2.24, 2.45) is 5.92 Å². The van der Waals surface area contributed by atoms with E-state index in [9.17, 15) is 24.0 Å². The van der Waals surface area contributed by atoms with Crippen LogP contribution in [0.4, 0.5) is 5.00 Å². The molecular formula is C25H26N2O7S. The van der Waals surface area contributed by atoms with Crippen molar-refractivity contribution in [2.75, 3.05) is 18.5 Å². The van der Waals surface area contributed by atoms with Gasteiger partial charge in [0.2, 0.25) is 0 Å². The number of amides is 3. The molecule has 1 aliphatic heterocycles. The molecule has 9 nitrogen and oxygen atoms in total. The molecule has 2 atom stereocenters. The Balaban J connectivity index is 1.42. The maximum absolute atomic E-state index is 12.6. The SMILES string of the molecule is CCOC(=O)c1c(NC(=O)COC(=O)C(C)N2C(=O)c3ccccc3C2=O)sc2c1CCC(C)C2. The minimum absolute atomic E-state index is 0.209. The fourth-order valence-corrected chi connectivity index (χ4v) is 5.76. The van der Waals surface area contributed by atoms with Crippen LogP contribution in [0.2, 0.25) is 0 Å². The summed E-state index contributed by atoms with van der Waals surface area (Å²) in [5.74, 6) is -2.71. The minimum Gasteiger partial charge on any atom is -0.462 e. The first-order chi connectivity index (χ1) is 16.7. The molecule has 10 heteroatoms. The molecular weight excluding hydrogens is 472 g/mol. The van der Waals surface area contributed by atoms with E-state index in [0.717, 1.165) is 34.6 Å². The van der Waals surface area contributed by atoms with Crippen molar-refractivity contribution < 1.29 is 33.4 Å². The summed E-state index contributed by atoms with van der Waals surface area (Å²) in [5.41, 5.74) is 1.70. The lowest BCUT2D eigenvalue weighted by Crippen LogP contribution is -2.44. The second kappa shape index (κ2) is 9.99. The number of imide groups is 1. The first-order valence-corrected chi connectivity index (χ1v) is 12.3. The van der Waals surface area contributed by atoms with E-state index in [4.69, 9.17) is 9.47 Å². The molecule has 1 aromatic carbocycles. The smallest absolute Gasteiger partial charge is 0.341 e. The van der Waals surface area contributed by atoms with Gasteiger partial charge >= 0.3 is 11.9 Å². The molecule has 3 amide bonds. The Morgan fingerprint density at radius 2 is 1.80 bits per heavy atom. The van der Waals surface area contributed by atoms with Gasteiger partial charge in [-0.1, -0.05) is 19.1 Å². The summed E-state index contributed by atoms with van der Waals surface area (Å²) >= 11 is 1.33.